The second kappa shape index (κ2) is 4.25. The highest BCUT2D eigenvalue weighted by atomic mass is 16.2. The zero-order chi connectivity index (χ0) is 9.68. The number of rotatable bonds is 2. The van der Waals surface area contributed by atoms with E-state index >= 15 is 0 Å². The number of amides is 2. The van der Waals surface area contributed by atoms with Gasteiger partial charge in [-0.2, -0.15) is 0 Å². The van der Waals surface area contributed by atoms with Crippen molar-refractivity contribution in [3.8, 4) is 0 Å². The van der Waals surface area contributed by atoms with Crippen molar-refractivity contribution in [1.82, 2.24) is 5.32 Å². The highest BCUT2D eigenvalue weighted by molar-refractivity contribution is 6.34. The van der Waals surface area contributed by atoms with Crippen LogP contribution in [-0.2, 0) is 16.1 Å². The van der Waals surface area contributed by atoms with Crippen LogP contribution in [0.3, 0.4) is 0 Å². The fourth-order valence-electron chi connectivity index (χ4n) is 0.865. The molecule has 4 nitrogen and oxygen atoms in total. The highest BCUT2D eigenvalue weighted by Crippen LogP contribution is 1.96. The average Bonchev–Trinajstić information content (AvgIpc) is 2.15. The Bertz CT molecular complexity index is 309. The van der Waals surface area contributed by atoms with E-state index in [4.69, 9.17) is 5.73 Å². The second-order valence-corrected chi connectivity index (χ2v) is 2.53. The summed E-state index contributed by atoms with van der Waals surface area (Å²) in [6.45, 7) is 0.322. The Labute approximate surface area is 75.7 Å². The summed E-state index contributed by atoms with van der Waals surface area (Å²) >= 11 is 0. The van der Waals surface area contributed by atoms with Gasteiger partial charge in [0.15, 0.2) is 0 Å². The highest BCUT2D eigenvalue weighted by Gasteiger charge is 2.06. The number of hydrogen-bond donors (Lipinski definition) is 2. The molecule has 1 aromatic carbocycles. The lowest BCUT2D eigenvalue weighted by Crippen LogP contribution is -2.35. The molecule has 0 spiro atoms. The van der Waals surface area contributed by atoms with Gasteiger partial charge in [-0.3, -0.25) is 9.59 Å². The molecule has 1 aromatic rings. The summed E-state index contributed by atoms with van der Waals surface area (Å²) in [5.74, 6) is -1.72. The first kappa shape index (κ1) is 9.25. The first-order chi connectivity index (χ1) is 6.20. The molecule has 0 radical (unpaired) electrons. The van der Waals surface area contributed by atoms with Gasteiger partial charge in [0.2, 0.25) is 0 Å². The molecule has 0 saturated heterocycles. The van der Waals surface area contributed by atoms with Crippen LogP contribution in [0, 0.1) is 0 Å². The molecule has 0 fully saturated rings. The van der Waals surface area contributed by atoms with Gasteiger partial charge in [-0.05, 0) is 5.56 Å². The van der Waals surface area contributed by atoms with Crippen molar-refractivity contribution in [3.63, 3.8) is 0 Å². The van der Waals surface area contributed by atoms with Crippen LogP contribution in [0.5, 0.6) is 0 Å². The van der Waals surface area contributed by atoms with Crippen molar-refractivity contribution in [2.24, 2.45) is 5.73 Å². The zero-order valence-electron chi connectivity index (χ0n) is 6.99. The summed E-state index contributed by atoms with van der Waals surface area (Å²) in [7, 11) is 0. The summed E-state index contributed by atoms with van der Waals surface area (Å²) in [5, 5.41) is 2.38. The molecule has 2 amide bonds. The standard InChI is InChI=1S/C9H10N2O2/c10-8(12)9(13)11-6-7-4-2-1-3-5-7/h1-5H,6H2,(H2,10,12)(H,11,13). The molecule has 0 saturated carbocycles. The number of primary amides is 1. The molecule has 0 bridgehead atoms. The van der Waals surface area contributed by atoms with E-state index in [0.717, 1.165) is 5.56 Å². The Balaban J connectivity index is 2.44. The molecule has 0 aromatic heterocycles. The SMILES string of the molecule is NC(=O)C(=O)NCc1ccccc1. The maximum atomic E-state index is 10.7. The minimum Gasteiger partial charge on any atom is -0.361 e. The lowest BCUT2D eigenvalue weighted by atomic mass is 10.2. The van der Waals surface area contributed by atoms with Gasteiger partial charge in [0.1, 0.15) is 0 Å². The minimum absolute atomic E-state index is 0.322. The third-order valence-corrected chi connectivity index (χ3v) is 1.52. The summed E-state index contributed by atoms with van der Waals surface area (Å²) < 4.78 is 0. The first-order valence-corrected chi connectivity index (χ1v) is 3.81. The maximum absolute atomic E-state index is 10.7. The summed E-state index contributed by atoms with van der Waals surface area (Å²) in [6, 6.07) is 9.28. The van der Waals surface area contributed by atoms with E-state index in [-0.39, 0.29) is 0 Å². The zero-order valence-corrected chi connectivity index (χ0v) is 6.99. The van der Waals surface area contributed by atoms with Gasteiger partial charge in [0, 0.05) is 6.54 Å². The second-order valence-electron chi connectivity index (χ2n) is 2.53. The molecule has 0 aliphatic heterocycles. The Morgan fingerprint density at radius 3 is 2.38 bits per heavy atom. The molecule has 68 valence electrons. The van der Waals surface area contributed by atoms with Crippen molar-refractivity contribution in [2.75, 3.05) is 0 Å². The third-order valence-electron chi connectivity index (χ3n) is 1.52. The van der Waals surface area contributed by atoms with Gasteiger partial charge in [-0.15, -0.1) is 0 Å². The lowest BCUT2D eigenvalue weighted by Gasteiger charge is -2.01. The molecule has 4 heteroatoms. The van der Waals surface area contributed by atoms with E-state index < -0.39 is 11.8 Å². The van der Waals surface area contributed by atoms with Crippen LogP contribution in [0.4, 0.5) is 0 Å². The van der Waals surface area contributed by atoms with Gasteiger partial charge in [-0.25, -0.2) is 0 Å². The average molecular weight is 178 g/mol. The van der Waals surface area contributed by atoms with E-state index in [1.54, 1.807) is 0 Å². The van der Waals surface area contributed by atoms with E-state index in [0.29, 0.717) is 6.54 Å². The van der Waals surface area contributed by atoms with Crippen LogP contribution in [-0.4, -0.2) is 11.8 Å². The monoisotopic (exact) mass is 178 g/mol. The van der Waals surface area contributed by atoms with Crippen LogP contribution in [0.2, 0.25) is 0 Å². The van der Waals surface area contributed by atoms with Crippen LogP contribution in [0.15, 0.2) is 30.3 Å². The Kier molecular flexibility index (Phi) is 3.03. The Morgan fingerprint density at radius 1 is 1.23 bits per heavy atom. The van der Waals surface area contributed by atoms with Crippen molar-refractivity contribution >= 4 is 11.8 Å². The van der Waals surface area contributed by atoms with Crippen molar-refractivity contribution in [2.45, 2.75) is 6.54 Å². The summed E-state index contributed by atoms with van der Waals surface area (Å²) in [5.41, 5.74) is 5.68. The molecule has 0 unspecified atom stereocenters. The van der Waals surface area contributed by atoms with E-state index in [1.807, 2.05) is 30.3 Å². The fraction of sp³-hybridized carbons (Fsp3) is 0.111. The molecule has 1 rings (SSSR count). The molecule has 0 aliphatic carbocycles. The smallest absolute Gasteiger partial charge is 0.309 e. The van der Waals surface area contributed by atoms with Crippen LogP contribution < -0.4 is 11.1 Å². The minimum atomic E-state index is -0.962. The van der Waals surface area contributed by atoms with Crippen LogP contribution >= 0.6 is 0 Å². The molecule has 13 heavy (non-hydrogen) atoms. The van der Waals surface area contributed by atoms with Crippen molar-refractivity contribution < 1.29 is 9.59 Å². The van der Waals surface area contributed by atoms with Gasteiger partial charge in [0.05, 0.1) is 0 Å². The predicted octanol–water partition coefficient (Wildman–Crippen LogP) is -0.212. The lowest BCUT2D eigenvalue weighted by molar-refractivity contribution is -0.137. The number of carbonyl (C=O) groups excluding carboxylic acids is 2. The van der Waals surface area contributed by atoms with E-state index in [2.05, 4.69) is 5.32 Å². The largest absolute Gasteiger partial charge is 0.361 e. The molecular formula is C9H10N2O2. The van der Waals surface area contributed by atoms with Gasteiger partial charge in [-0.1, -0.05) is 30.3 Å². The fourth-order valence-corrected chi connectivity index (χ4v) is 0.865. The van der Waals surface area contributed by atoms with E-state index in [1.165, 1.54) is 0 Å². The molecule has 3 N–H and O–H groups in total. The van der Waals surface area contributed by atoms with Gasteiger partial charge in [0.25, 0.3) is 0 Å². The maximum Gasteiger partial charge on any atom is 0.309 e. The topological polar surface area (TPSA) is 72.2 Å². The summed E-state index contributed by atoms with van der Waals surface area (Å²) in [4.78, 5) is 21.1. The molecule has 0 atom stereocenters. The number of nitrogens with two attached hydrogens (primary N) is 1. The quantitative estimate of drug-likeness (QED) is 0.615. The van der Waals surface area contributed by atoms with Crippen LogP contribution in [0.25, 0.3) is 0 Å². The van der Waals surface area contributed by atoms with Gasteiger partial charge >= 0.3 is 11.8 Å². The number of benzene rings is 1. The predicted molar refractivity (Wildman–Crippen MR) is 47.5 cm³/mol. The molecule has 0 heterocycles. The van der Waals surface area contributed by atoms with Gasteiger partial charge < -0.3 is 11.1 Å². The normalized spacial score (nSPS) is 9.23. The van der Waals surface area contributed by atoms with Crippen molar-refractivity contribution in [1.29, 1.82) is 0 Å². The van der Waals surface area contributed by atoms with E-state index in [9.17, 15) is 9.59 Å². The first-order valence-electron chi connectivity index (χ1n) is 3.81. The number of carbonyl (C=O) groups is 2. The van der Waals surface area contributed by atoms with Crippen LogP contribution in [0.1, 0.15) is 5.56 Å². The Hall–Kier alpha value is -1.84. The Morgan fingerprint density at radius 2 is 1.85 bits per heavy atom. The molecular weight excluding hydrogens is 168 g/mol. The number of nitrogens with one attached hydrogen (secondary N) is 1. The van der Waals surface area contributed by atoms with Crippen molar-refractivity contribution in [3.05, 3.63) is 35.9 Å². The summed E-state index contributed by atoms with van der Waals surface area (Å²) in [6.07, 6.45) is 0. The number of hydrogen-bond acceptors (Lipinski definition) is 2. The molecule has 0 aliphatic rings. The third kappa shape index (κ3) is 2.94.